The summed E-state index contributed by atoms with van der Waals surface area (Å²) in [5, 5.41) is 3.35. The third-order valence-corrected chi connectivity index (χ3v) is 4.21. The summed E-state index contributed by atoms with van der Waals surface area (Å²) in [6.07, 6.45) is 22.2. The van der Waals surface area contributed by atoms with Gasteiger partial charge in [0.15, 0.2) is 0 Å². The van der Waals surface area contributed by atoms with Crippen LogP contribution in [-0.2, 0) is 0 Å². The molecular weight excluding hydrogens is 230 g/mol. The van der Waals surface area contributed by atoms with Gasteiger partial charge < -0.3 is 5.32 Å². The molecule has 116 valence electrons. The molecule has 2 aliphatic carbocycles. The molecule has 1 heteroatoms. The third kappa shape index (κ3) is 14.2. The summed E-state index contributed by atoms with van der Waals surface area (Å²) in [5.74, 6) is 0. The second-order valence-electron chi connectivity index (χ2n) is 6.05. The molecule has 0 aromatic carbocycles. The zero-order valence-electron chi connectivity index (χ0n) is 12.5. The van der Waals surface area contributed by atoms with Crippen molar-refractivity contribution in [2.45, 2.75) is 104 Å². The van der Waals surface area contributed by atoms with E-state index in [0.29, 0.717) is 0 Å². The largest absolute Gasteiger partial charge is 0.317 e. The fraction of sp³-hybridized carbons (Fsp3) is 1.00. The normalized spacial score (nSPS) is 22.7. The Hall–Kier alpha value is -0.0400. The van der Waals surface area contributed by atoms with Gasteiger partial charge in [-0.05, 0) is 25.9 Å². The van der Waals surface area contributed by atoms with Gasteiger partial charge >= 0.3 is 0 Å². The van der Waals surface area contributed by atoms with Gasteiger partial charge in [-0.15, -0.1) is 0 Å². The van der Waals surface area contributed by atoms with E-state index in [4.69, 9.17) is 0 Å². The van der Waals surface area contributed by atoms with Crippen LogP contribution in [0.5, 0.6) is 0 Å². The molecule has 0 aromatic rings. The van der Waals surface area contributed by atoms with Crippen molar-refractivity contribution in [2.75, 3.05) is 13.1 Å². The van der Waals surface area contributed by atoms with Crippen LogP contribution < -0.4 is 5.32 Å². The summed E-state index contributed by atoms with van der Waals surface area (Å²) in [6.45, 7) is 2.50. The lowest BCUT2D eigenvalue weighted by atomic mass is 10.0. The van der Waals surface area contributed by atoms with Gasteiger partial charge in [-0.2, -0.15) is 0 Å². The van der Waals surface area contributed by atoms with Gasteiger partial charge in [0.1, 0.15) is 0 Å². The van der Waals surface area contributed by atoms with Gasteiger partial charge in [0.05, 0.1) is 0 Å². The van der Waals surface area contributed by atoms with Crippen LogP contribution in [0.2, 0.25) is 0 Å². The Morgan fingerprint density at radius 1 is 0.316 bits per heavy atom. The van der Waals surface area contributed by atoms with E-state index < -0.39 is 0 Å². The van der Waals surface area contributed by atoms with Crippen LogP contribution in [0.3, 0.4) is 0 Å². The van der Waals surface area contributed by atoms with Crippen LogP contribution in [-0.4, -0.2) is 13.1 Å². The zero-order valence-corrected chi connectivity index (χ0v) is 12.5. The highest BCUT2D eigenvalue weighted by molar-refractivity contribution is 4.54. The van der Waals surface area contributed by atoms with Gasteiger partial charge in [-0.1, -0.05) is 90.9 Å². The Kier molecular flexibility index (Phi) is 16.0. The van der Waals surface area contributed by atoms with Crippen molar-refractivity contribution in [1.29, 1.82) is 0 Å². The van der Waals surface area contributed by atoms with Crippen molar-refractivity contribution in [1.82, 2.24) is 5.32 Å². The molecule has 1 aliphatic heterocycles. The second kappa shape index (κ2) is 16.0. The lowest BCUT2D eigenvalue weighted by molar-refractivity contribution is 0.504. The quantitative estimate of drug-likeness (QED) is 0.562. The first-order chi connectivity index (χ1) is 9.00. The van der Waals surface area contributed by atoms with Crippen LogP contribution in [0, 0.1) is 0 Å². The van der Waals surface area contributed by atoms with Crippen LogP contribution >= 0.6 is 0 Å². The molecule has 0 bridgehead atoms. The van der Waals surface area contributed by atoms with E-state index in [1.165, 1.54) is 109 Å². The molecule has 0 atom stereocenters. The predicted molar refractivity (Wildman–Crippen MR) is 88.9 cm³/mol. The highest BCUT2D eigenvalue weighted by Gasteiger charge is 1.96. The summed E-state index contributed by atoms with van der Waals surface area (Å²) in [5.41, 5.74) is 0. The minimum atomic E-state index is 0. The van der Waals surface area contributed by atoms with Crippen molar-refractivity contribution in [2.24, 2.45) is 0 Å². The Labute approximate surface area is 122 Å². The van der Waals surface area contributed by atoms with E-state index >= 15 is 0 Å². The highest BCUT2D eigenvalue weighted by atomic mass is 14.8. The van der Waals surface area contributed by atoms with Gasteiger partial charge in [0.2, 0.25) is 0 Å². The molecule has 0 unspecified atom stereocenters. The first-order valence-corrected chi connectivity index (χ1v) is 8.71. The van der Waals surface area contributed by atoms with Gasteiger partial charge in [0.25, 0.3) is 0 Å². The molecule has 3 aliphatic rings. The standard InChI is InChI=1S/C6H13N.C6H12.C5H10.CH4/c1-2-4-6-7-5-3-1;1-2-4-6-5-3-1;1-2-4-5-3-1;/h7H,1-6H2;1-6H2;1-5H2;1H4. The average Bonchev–Trinajstić information content (AvgIpc) is 2.90. The topological polar surface area (TPSA) is 12.0 Å². The van der Waals surface area contributed by atoms with E-state index in [-0.39, 0.29) is 7.43 Å². The summed E-state index contributed by atoms with van der Waals surface area (Å²) < 4.78 is 0. The van der Waals surface area contributed by atoms with Crippen LogP contribution in [0.4, 0.5) is 0 Å². The molecule has 1 heterocycles. The fourth-order valence-corrected chi connectivity index (χ4v) is 2.92. The van der Waals surface area contributed by atoms with E-state index in [1.807, 2.05) is 0 Å². The fourth-order valence-electron chi connectivity index (χ4n) is 2.92. The molecule has 0 aromatic heterocycles. The molecule has 3 fully saturated rings. The maximum atomic E-state index is 3.35. The molecule has 0 spiro atoms. The number of nitrogens with one attached hydrogen (secondary N) is 1. The molecule has 1 N–H and O–H groups in total. The van der Waals surface area contributed by atoms with E-state index in [0.717, 1.165) is 0 Å². The van der Waals surface area contributed by atoms with Gasteiger partial charge in [0, 0.05) is 0 Å². The molecule has 1 nitrogen and oxygen atoms in total. The highest BCUT2D eigenvalue weighted by Crippen LogP contribution is 2.15. The third-order valence-electron chi connectivity index (χ3n) is 4.21. The first kappa shape index (κ1) is 19.0. The second-order valence-corrected chi connectivity index (χ2v) is 6.05. The van der Waals surface area contributed by atoms with Crippen LogP contribution in [0.25, 0.3) is 0 Å². The van der Waals surface area contributed by atoms with Crippen LogP contribution in [0.15, 0.2) is 0 Å². The summed E-state index contributed by atoms with van der Waals surface area (Å²) in [6, 6.07) is 0. The molecule has 1 saturated heterocycles. The number of rotatable bonds is 0. The Morgan fingerprint density at radius 3 is 0.789 bits per heavy atom. The molecular formula is C18H39N. The molecule has 0 radical (unpaired) electrons. The van der Waals surface area contributed by atoms with Gasteiger partial charge in [-0.3, -0.25) is 0 Å². The summed E-state index contributed by atoms with van der Waals surface area (Å²) >= 11 is 0. The summed E-state index contributed by atoms with van der Waals surface area (Å²) in [7, 11) is 0. The zero-order chi connectivity index (χ0) is 12.7. The smallest absolute Gasteiger partial charge is 0.00489 e. The minimum absolute atomic E-state index is 0. The lowest BCUT2D eigenvalue weighted by Gasteiger charge is -2.05. The van der Waals surface area contributed by atoms with Crippen LogP contribution in [0.1, 0.15) is 104 Å². The van der Waals surface area contributed by atoms with E-state index in [1.54, 1.807) is 0 Å². The first-order valence-electron chi connectivity index (χ1n) is 8.71. The molecule has 2 saturated carbocycles. The average molecular weight is 270 g/mol. The lowest BCUT2D eigenvalue weighted by Crippen LogP contribution is -2.12. The maximum Gasteiger partial charge on any atom is -0.00489 e. The number of hydrogen-bond donors (Lipinski definition) is 1. The van der Waals surface area contributed by atoms with E-state index in [9.17, 15) is 0 Å². The summed E-state index contributed by atoms with van der Waals surface area (Å²) in [4.78, 5) is 0. The van der Waals surface area contributed by atoms with Crippen molar-refractivity contribution in [3.63, 3.8) is 0 Å². The molecule has 3 rings (SSSR count). The SMILES string of the molecule is C.C1CCCC1.C1CCCCC1.C1CCCNCC1. The van der Waals surface area contributed by atoms with Gasteiger partial charge in [-0.25, -0.2) is 0 Å². The van der Waals surface area contributed by atoms with Crippen molar-refractivity contribution in [3.8, 4) is 0 Å². The Balaban J connectivity index is 0.000000252. The predicted octanol–water partition coefficient (Wildman–Crippen LogP) is 6.08. The van der Waals surface area contributed by atoms with E-state index in [2.05, 4.69) is 5.32 Å². The minimum Gasteiger partial charge on any atom is -0.317 e. The molecule has 19 heavy (non-hydrogen) atoms. The molecule has 0 amide bonds. The van der Waals surface area contributed by atoms with Crippen molar-refractivity contribution < 1.29 is 0 Å². The maximum absolute atomic E-state index is 3.35. The number of hydrogen-bond acceptors (Lipinski definition) is 1. The Morgan fingerprint density at radius 2 is 0.526 bits per heavy atom. The van der Waals surface area contributed by atoms with Crippen molar-refractivity contribution in [3.05, 3.63) is 0 Å². The Bertz CT molecular complexity index is 109. The van der Waals surface area contributed by atoms with Crippen molar-refractivity contribution >= 4 is 0 Å². The monoisotopic (exact) mass is 269 g/mol.